The second-order valence-corrected chi connectivity index (χ2v) is 7.28. The molecule has 11 nitrogen and oxygen atoms in total. The van der Waals surface area contributed by atoms with Gasteiger partial charge in [0.25, 0.3) is 5.91 Å². The summed E-state index contributed by atoms with van der Waals surface area (Å²) >= 11 is 0. The fourth-order valence-corrected chi connectivity index (χ4v) is 3.32. The molecule has 0 radical (unpaired) electrons. The first kappa shape index (κ1) is 21.0. The van der Waals surface area contributed by atoms with E-state index in [1.807, 2.05) is 0 Å². The number of imidazole rings is 1. The minimum atomic E-state index is -0.633. The van der Waals surface area contributed by atoms with Crippen molar-refractivity contribution in [1.29, 1.82) is 0 Å². The van der Waals surface area contributed by atoms with Gasteiger partial charge in [-0.2, -0.15) is 9.78 Å². The zero-order chi connectivity index (χ0) is 23.0. The average molecular weight is 441 g/mol. The number of carbonyl (C=O) groups is 3. The van der Waals surface area contributed by atoms with E-state index in [1.54, 1.807) is 19.1 Å². The number of benzene rings is 1. The molecular weight excluding hydrogens is 421 g/mol. The predicted octanol–water partition coefficient (Wildman–Crippen LogP) is 1.25. The van der Waals surface area contributed by atoms with Crippen LogP contribution < -0.4 is 16.0 Å². The Morgan fingerprint density at radius 1 is 1.34 bits per heavy atom. The van der Waals surface area contributed by atoms with Gasteiger partial charge in [0.1, 0.15) is 29.8 Å². The third-order valence-electron chi connectivity index (χ3n) is 4.83. The monoisotopic (exact) mass is 441 g/mol. The SMILES string of the molecule is CC(=O)NCC1CN(c2ccc(-n3cnc(C(=O)n4nc(C)cc4N)c3)c(F)c2)C(=O)O1. The molecule has 1 atom stereocenters. The van der Waals surface area contributed by atoms with E-state index < -0.39 is 23.9 Å². The summed E-state index contributed by atoms with van der Waals surface area (Å²) in [5, 5.41) is 6.61. The van der Waals surface area contributed by atoms with Gasteiger partial charge in [-0.1, -0.05) is 0 Å². The van der Waals surface area contributed by atoms with Crippen molar-refractivity contribution in [2.45, 2.75) is 20.0 Å². The van der Waals surface area contributed by atoms with Crippen molar-refractivity contribution in [3.63, 3.8) is 0 Å². The maximum absolute atomic E-state index is 14.9. The van der Waals surface area contributed by atoms with Gasteiger partial charge in [-0.15, -0.1) is 0 Å². The highest BCUT2D eigenvalue weighted by atomic mass is 19.1. The number of nitrogen functional groups attached to an aromatic ring is 1. The van der Waals surface area contributed by atoms with Crippen molar-refractivity contribution < 1.29 is 23.5 Å². The van der Waals surface area contributed by atoms with Gasteiger partial charge in [0.15, 0.2) is 0 Å². The summed E-state index contributed by atoms with van der Waals surface area (Å²) in [6.07, 6.45) is 1.50. The van der Waals surface area contributed by atoms with Gasteiger partial charge < -0.3 is 20.4 Å². The average Bonchev–Trinajstić information content (AvgIpc) is 3.44. The number of halogens is 1. The largest absolute Gasteiger partial charge is 0.442 e. The van der Waals surface area contributed by atoms with E-state index in [-0.39, 0.29) is 36.2 Å². The van der Waals surface area contributed by atoms with Gasteiger partial charge in [0, 0.05) is 19.2 Å². The Kier molecular flexibility index (Phi) is 5.34. The van der Waals surface area contributed by atoms with Gasteiger partial charge >= 0.3 is 6.09 Å². The lowest BCUT2D eigenvalue weighted by atomic mass is 10.2. The van der Waals surface area contributed by atoms with Crippen LogP contribution in [-0.4, -0.2) is 56.4 Å². The molecule has 1 fully saturated rings. The number of ether oxygens (including phenoxy) is 1. The number of nitrogens with two attached hydrogens (primary N) is 1. The first-order chi connectivity index (χ1) is 15.2. The molecule has 1 saturated heterocycles. The summed E-state index contributed by atoms with van der Waals surface area (Å²) in [7, 11) is 0. The molecule has 0 spiro atoms. The molecule has 3 aromatic rings. The third-order valence-corrected chi connectivity index (χ3v) is 4.83. The summed E-state index contributed by atoms with van der Waals surface area (Å²) in [6, 6.07) is 5.75. The van der Waals surface area contributed by atoms with Crippen LogP contribution in [0.2, 0.25) is 0 Å². The van der Waals surface area contributed by atoms with Crippen LogP contribution in [-0.2, 0) is 9.53 Å². The molecular formula is C20H20FN7O4. The molecule has 1 unspecified atom stereocenters. The molecule has 2 aromatic heterocycles. The molecule has 1 aromatic carbocycles. The first-order valence-corrected chi connectivity index (χ1v) is 9.66. The van der Waals surface area contributed by atoms with Gasteiger partial charge in [-0.05, 0) is 25.1 Å². The van der Waals surface area contributed by atoms with E-state index in [0.29, 0.717) is 11.4 Å². The maximum atomic E-state index is 14.9. The molecule has 1 aliphatic heterocycles. The van der Waals surface area contributed by atoms with Crippen molar-refractivity contribution in [3.8, 4) is 5.69 Å². The van der Waals surface area contributed by atoms with E-state index >= 15 is 0 Å². The van der Waals surface area contributed by atoms with Gasteiger partial charge in [0.2, 0.25) is 5.91 Å². The number of hydrogen-bond donors (Lipinski definition) is 2. The lowest BCUT2D eigenvalue weighted by Gasteiger charge is -2.14. The molecule has 0 bridgehead atoms. The predicted molar refractivity (Wildman–Crippen MR) is 111 cm³/mol. The second-order valence-electron chi connectivity index (χ2n) is 7.28. The summed E-state index contributed by atoms with van der Waals surface area (Å²) in [5.74, 6) is -1.24. The van der Waals surface area contributed by atoms with E-state index in [2.05, 4.69) is 15.4 Å². The zero-order valence-electron chi connectivity index (χ0n) is 17.3. The van der Waals surface area contributed by atoms with Crippen molar-refractivity contribution in [3.05, 3.63) is 54.0 Å². The number of nitrogens with one attached hydrogen (secondary N) is 1. The fraction of sp³-hybridized carbons (Fsp3) is 0.250. The Labute approximate surface area is 181 Å². The summed E-state index contributed by atoms with van der Waals surface area (Å²) < 4.78 is 22.4. The number of rotatable bonds is 5. The normalized spacial score (nSPS) is 15.7. The Hall–Kier alpha value is -4.22. The van der Waals surface area contributed by atoms with E-state index in [0.717, 1.165) is 4.68 Å². The van der Waals surface area contributed by atoms with Crippen molar-refractivity contribution in [1.82, 2.24) is 24.6 Å². The van der Waals surface area contributed by atoms with Crippen LogP contribution in [0.1, 0.15) is 23.1 Å². The second kappa shape index (κ2) is 8.13. The van der Waals surface area contributed by atoms with Gasteiger partial charge in [-0.3, -0.25) is 14.5 Å². The molecule has 1 aliphatic rings. The molecule has 0 aliphatic carbocycles. The molecule has 12 heteroatoms. The lowest BCUT2D eigenvalue weighted by molar-refractivity contribution is -0.119. The standard InChI is InChI=1S/C20H20FN7O4/c1-11-5-18(22)28(25-11)19(30)16-9-26(10-24-16)17-4-3-13(6-15(17)21)27-8-14(32-20(27)31)7-23-12(2)29/h3-6,9-10,14H,7-8,22H2,1-2H3,(H,23,29). The highest BCUT2D eigenvalue weighted by Crippen LogP contribution is 2.25. The number of carbonyl (C=O) groups excluding carboxylic acids is 3. The van der Waals surface area contributed by atoms with E-state index in [4.69, 9.17) is 10.5 Å². The number of aromatic nitrogens is 4. The maximum Gasteiger partial charge on any atom is 0.414 e. The van der Waals surface area contributed by atoms with Crippen molar-refractivity contribution in [2.75, 3.05) is 23.7 Å². The van der Waals surface area contributed by atoms with E-state index in [9.17, 15) is 18.8 Å². The Morgan fingerprint density at radius 3 is 2.78 bits per heavy atom. The molecule has 32 heavy (non-hydrogen) atoms. The first-order valence-electron chi connectivity index (χ1n) is 9.66. The highest BCUT2D eigenvalue weighted by molar-refractivity contribution is 5.95. The topological polar surface area (TPSA) is 137 Å². The van der Waals surface area contributed by atoms with Crippen LogP contribution in [0.5, 0.6) is 0 Å². The van der Waals surface area contributed by atoms with Crippen molar-refractivity contribution in [2.24, 2.45) is 0 Å². The molecule has 2 amide bonds. The molecule has 3 N–H and O–H groups in total. The number of anilines is 2. The number of aryl methyl sites for hydroxylation is 1. The summed E-state index contributed by atoms with van der Waals surface area (Å²) in [5.41, 5.74) is 6.82. The molecule has 0 saturated carbocycles. The van der Waals surface area contributed by atoms with Crippen LogP contribution in [0, 0.1) is 12.7 Å². The Morgan fingerprint density at radius 2 is 2.12 bits per heavy atom. The van der Waals surface area contributed by atoms with E-state index in [1.165, 1.54) is 41.0 Å². The van der Waals surface area contributed by atoms with Crippen LogP contribution in [0.3, 0.4) is 0 Å². The Balaban J connectivity index is 1.52. The zero-order valence-corrected chi connectivity index (χ0v) is 17.3. The van der Waals surface area contributed by atoms with Crippen LogP contribution >= 0.6 is 0 Å². The molecule has 166 valence electrons. The van der Waals surface area contributed by atoms with Crippen LogP contribution in [0.25, 0.3) is 5.69 Å². The third kappa shape index (κ3) is 4.02. The van der Waals surface area contributed by atoms with Gasteiger partial charge in [-0.25, -0.2) is 14.2 Å². The fourth-order valence-electron chi connectivity index (χ4n) is 3.32. The highest BCUT2D eigenvalue weighted by Gasteiger charge is 2.32. The number of amides is 2. The van der Waals surface area contributed by atoms with Crippen LogP contribution in [0.4, 0.5) is 20.7 Å². The number of cyclic esters (lactones) is 1. The quantitative estimate of drug-likeness (QED) is 0.608. The number of hydrogen-bond acceptors (Lipinski definition) is 7. The summed E-state index contributed by atoms with van der Waals surface area (Å²) in [4.78, 5) is 41.1. The lowest BCUT2D eigenvalue weighted by Crippen LogP contribution is -2.33. The number of nitrogens with zero attached hydrogens (tertiary/aromatic N) is 5. The van der Waals surface area contributed by atoms with Crippen LogP contribution in [0.15, 0.2) is 36.8 Å². The van der Waals surface area contributed by atoms with Gasteiger partial charge in [0.05, 0.1) is 30.2 Å². The minimum absolute atomic E-state index is 0.0345. The van der Waals surface area contributed by atoms with Crippen molar-refractivity contribution >= 4 is 29.4 Å². The molecule has 3 heterocycles. The smallest absolute Gasteiger partial charge is 0.414 e. The molecule has 4 rings (SSSR count). The Bertz CT molecular complexity index is 1220. The summed E-state index contributed by atoms with van der Waals surface area (Å²) in [6.45, 7) is 3.41. The minimum Gasteiger partial charge on any atom is -0.442 e.